The van der Waals surface area contributed by atoms with Crippen molar-refractivity contribution in [3.8, 4) is 0 Å². The number of likely N-dealkylation sites (tertiary alicyclic amines) is 1. The average molecular weight is 501 g/mol. The number of amides is 2. The second kappa shape index (κ2) is 8.75. The number of hydrogen-bond acceptors (Lipinski definition) is 5. The van der Waals surface area contributed by atoms with E-state index in [1.807, 2.05) is 0 Å². The fourth-order valence-electron chi connectivity index (χ4n) is 4.84. The van der Waals surface area contributed by atoms with Crippen molar-refractivity contribution in [2.24, 2.45) is 16.1 Å². The van der Waals surface area contributed by atoms with Crippen LogP contribution in [-0.4, -0.2) is 53.1 Å². The molecule has 2 atom stereocenters. The van der Waals surface area contributed by atoms with Crippen LogP contribution < -0.4 is 5.32 Å². The maximum absolute atomic E-state index is 13.7. The van der Waals surface area contributed by atoms with Crippen LogP contribution in [0, 0.1) is 17.6 Å². The van der Waals surface area contributed by atoms with E-state index in [2.05, 4.69) is 15.5 Å². The van der Waals surface area contributed by atoms with Crippen LogP contribution in [0.25, 0.3) is 0 Å². The van der Waals surface area contributed by atoms with E-state index in [-0.39, 0.29) is 43.0 Å². The molecule has 0 bridgehead atoms. The molecule has 1 aromatic carbocycles. The number of carbonyl (C=O) groups is 3. The van der Waals surface area contributed by atoms with Crippen LogP contribution in [0.4, 0.5) is 17.6 Å². The topological polar surface area (TPSA) is 91.2 Å². The van der Waals surface area contributed by atoms with Gasteiger partial charge in [0, 0.05) is 37.8 Å². The molecule has 0 radical (unpaired) electrons. The Morgan fingerprint density at radius 2 is 1.94 bits per heavy atom. The molecule has 1 saturated carbocycles. The highest BCUT2D eigenvalue weighted by Crippen LogP contribution is 2.50. The van der Waals surface area contributed by atoms with Crippen LogP contribution >= 0.6 is 11.6 Å². The highest BCUT2D eigenvalue weighted by Gasteiger charge is 2.60. The standard InChI is InChI=1S/C22H21ClF4N4O3/c1-11-13(16(32)8-12-6-14(23)18(25)15(24)7-12)3-5-31(11)20(34)19(33)29-21(9-22(26,27)10-21)17-2-4-28-30-17/h2,6-7,11,13H,3-5,8-10H2,1H3,(H,29,33)/t11-,13-/m0/s1. The maximum atomic E-state index is 13.7. The van der Waals surface area contributed by atoms with Crippen LogP contribution in [0.15, 0.2) is 34.1 Å². The van der Waals surface area contributed by atoms with Crippen LogP contribution in [-0.2, 0) is 20.8 Å². The number of rotatable bonds is 5. The summed E-state index contributed by atoms with van der Waals surface area (Å²) in [5, 5.41) is 9.53. The number of benzene rings is 1. The molecular weight excluding hydrogens is 480 g/mol. The Morgan fingerprint density at radius 1 is 1.24 bits per heavy atom. The van der Waals surface area contributed by atoms with Gasteiger partial charge in [0.25, 0.3) is 5.92 Å². The molecule has 1 aromatic rings. The number of halogens is 5. The van der Waals surface area contributed by atoms with Gasteiger partial charge in [0.1, 0.15) is 5.78 Å². The monoisotopic (exact) mass is 500 g/mol. The minimum Gasteiger partial charge on any atom is -0.336 e. The van der Waals surface area contributed by atoms with Gasteiger partial charge in [-0.3, -0.25) is 14.4 Å². The van der Waals surface area contributed by atoms with Crippen molar-refractivity contribution in [3.63, 3.8) is 0 Å². The minimum absolute atomic E-state index is 0.105. The van der Waals surface area contributed by atoms with Crippen molar-refractivity contribution in [3.05, 3.63) is 46.1 Å². The average Bonchev–Trinajstić information content (AvgIpc) is 3.40. The molecule has 2 aliphatic heterocycles. The minimum atomic E-state index is -2.99. The van der Waals surface area contributed by atoms with Gasteiger partial charge in [-0.15, -0.1) is 0 Å². The maximum Gasteiger partial charge on any atom is 0.312 e. The number of hydrogen-bond donors (Lipinski definition) is 1. The van der Waals surface area contributed by atoms with Crippen molar-refractivity contribution < 1.29 is 31.9 Å². The van der Waals surface area contributed by atoms with Gasteiger partial charge in [-0.2, -0.15) is 10.2 Å². The second-order valence-electron chi connectivity index (χ2n) is 8.91. The third kappa shape index (κ3) is 4.45. The number of alkyl halides is 2. The number of carbonyl (C=O) groups excluding carboxylic acids is 3. The summed E-state index contributed by atoms with van der Waals surface area (Å²) in [5.41, 5.74) is -1.07. The summed E-state index contributed by atoms with van der Waals surface area (Å²) < 4.78 is 54.3. The lowest BCUT2D eigenvalue weighted by Crippen LogP contribution is -2.65. The zero-order valence-corrected chi connectivity index (χ0v) is 18.8. The quantitative estimate of drug-likeness (QED) is 0.380. The first kappa shape index (κ1) is 24.3. The highest BCUT2D eigenvalue weighted by atomic mass is 35.5. The number of Topliss-reactive ketones (excluding diaryl/α,β-unsaturated/α-hetero) is 1. The molecule has 0 aromatic heterocycles. The summed E-state index contributed by atoms with van der Waals surface area (Å²) in [6.07, 6.45) is 0.197. The largest absolute Gasteiger partial charge is 0.336 e. The first-order valence-corrected chi connectivity index (χ1v) is 11.1. The fraction of sp³-hybridized carbons (Fsp3) is 0.500. The second-order valence-corrected chi connectivity index (χ2v) is 9.32. The van der Waals surface area contributed by atoms with E-state index in [4.69, 9.17) is 11.6 Å². The van der Waals surface area contributed by atoms with E-state index in [1.165, 1.54) is 11.0 Å². The van der Waals surface area contributed by atoms with E-state index >= 15 is 0 Å². The molecule has 34 heavy (non-hydrogen) atoms. The van der Waals surface area contributed by atoms with Gasteiger partial charge in [-0.25, -0.2) is 17.6 Å². The highest BCUT2D eigenvalue weighted by molar-refractivity contribution is 6.35. The Morgan fingerprint density at radius 3 is 2.53 bits per heavy atom. The van der Waals surface area contributed by atoms with Gasteiger partial charge in [0.2, 0.25) is 0 Å². The summed E-state index contributed by atoms with van der Waals surface area (Å²) in [5.74, 6) is -8.33. The molecule has 1 saturated heterocycles. The fourth-order valence-corrected chi connectivity index (χ4v) is 5.07. The predicted octanol–water partition coefficient (Wildman–Crippen LogP) is 3.60. The molecule has 2 fully saturated rings. The Kier molecular flexibility index (Phi) is 6.26. The molecule has 2 heterocycles. The predicted molar refractivity (Wildman–Crippen MR) is 112 cm³/mol. The first-order valence-electron chi connectivity index (χ1n) is 10.7. The molecule has 4 rings (SSSR count). The molecule has 1 aliphatic carbocycles. The number of ketones is 1. The van der Waals surface area contributed by atoms with Crippen molar-refractivity contribution in [2.45, 2.75) is 50.1 Å². The van der Waals surface area contributed by atoms with E-state index < -0.39 is 64.7 Å². The summed E-state index contributed by atoms with van der Waals surface area (Å²) in [6.45, 7) is 1.91. The van der Waals surface area contributed by atoms with Gasteiger partial charge in [0.15, 0.2) is 11.6 Å². The molecule has 2 amide bonds. The van der Waals surface area contributed by atoms with Gasteiger partial charge in [0.05, 0.1) is 22.8 Å². The number of nitrogens with one attached hydrogen (secondary N) is 1. The lowest BCUT2D eigenvalue weighted by atomic mass is 9.71. The molecule has 182 valence electrons. The lowest BCUT2D eigenvalue weighted by molar-refractivity contribution is -0.154. The Balaban J connectivity index is 1.41. The van der Waals surface area contributed by atoms with Crippen LogP contribution in [0.2, 0.25) is 5.02 Å². The molecular formula is C22H21ClF4N4O3. The summed E-state index contributed by atoms with van der Waals surface area (Å²) in [4.78, 5) is 39.5. The van der Waals surface area contributed by atoms with E-state index in [0.29, 0.717) is 0 Å². The van der Waals surface area contributed by atoms with E-state index in [0.717, 1.165) is 12.1 Å². The third-order valence-electron chi connectivity index (χ3n) is 6.55. The molecule has 7 nitrogen and oxygen atoms in total. The molecule has 1 N–H and O–H groups in total. The Bertz CT molecular complexity index is 1090. The van der Waals surface area contributed by atoms with Crippen LogP contribution in [0.5, 0.6) is 0 Å². The summed E-state index contributed by atoms with van der Waals surface area (Å²) >= 11 is 5.64. The van der Waals surface area contributed by atoms with Crippen LogP contribution in [0.3, 0.4) is 0 Å². The molecule has 0 spiro atoms. The summed E-state index contributed by atoms with van der Waals surface area (Å²) in [6, 6.07) is 1.39. The van der Waals surface area contributed by atoms with E-state index in [9.17, 15) is 31.9 Å². The zero-order valence-electron chi connectivity index (χ0n) is 18.1. The molecule has 3 aliphatic rings. The SMILES string of the molecule is C[C@H]1[C@@H](C(=O)Cc2cc(F)c(F)c(Cl)c2)CCN1C(=O)C(=O)NC1(C2=CCN=N2)CC(F)(F)C1. The van der Waals surface area contributed by atoms with Gasteiger partial charge < -0.3 is 10.2 Å². The van der Waals surface area contributed by atoms with Crippen LogP contribution in [0.1, 0.15) is 31.7 Å². The Hall–Kier alpha value is -2.82. The van der Waals surface area contributed by atoms with Crippen molar-refractivity contribution in [1.29, 1.82) is 0 Å². The number of nitrogens with zero attached hydrogens (tertiary/aromatic N) is 3. The summed E-state index contributed by atoms with van der Waals surface area (Å²) in [7, 11) is 0. The lowest BCUT2D eigenvalue weighted by Gasteiger charge is -2.47. The van der Waals surface area contributed by atoms with Crippen molar-refractivity contribution in [1.82, 2.24) is 10.2 Å². The van der Waals surface area contributed by atoms with Gasteiger partial charge >= 0.3 is 11.8 Å². The number of azo groups is 1. The molecule has 12 heteroatoms. The van der Waals surface area contributed by atoms with Gasteiger partial charge in [-0.1, -0.05) is 11.6 Å². The Labute approximate surface area is 197 Å². The normalized spacial score (nSPS) is 24.5. The first-order chi connectivity index (χ1) is 15.9. The van der Waals surface area contributed by atoms with Crippen molar-refractivity contribution in [2.75, 3.05) is 13.1 Å². The smallest absolute Gasteiger partial charge is 0.312 e. The molecule has 0 unspecified atom stereocenters. The van der Waals surface area contributed by atoms with E-state index in [1.54, 1.807) is 6.92 Å². The van der Waals surface area contributed by atoms with Crippen molar-refractivity contribution >= 4 is 29.2 Å². The zero-order chi connectivity index (χ0) is 24.8. The third-order valence-corrected chi connectivity index (χ3v) is 6.83. The van der Waals surface area contributed by atoms with Gasteiger partial charge in [-0.05, 0) is 37.1 Å².